The molecule has 0 heterocycles. The van der Waals surface area contributed by atoms with Gasteiger partial charge in [-0.25, -0.2) is 4.39 Å². The van der Waals surface area contributed by atoms with Crippen LogP contribution in [0.5, 0.6) is 0 Å². The lowest BCUT2D eigenvalue weighted by Gasteiger charge is -2.06. The number of unbranched alkanes of at least 4 members (excludes halogenated alkanes) is 2. The lowest BCUT2D eigenvalue weighted by Crippen LogP contribution is -2.12. The van der Waals surface area contributed by atoms with E-state index in [1.807, 2.05) is 0 Å². The van der Waals surface area contributed by atoms with E-state index in [2.05, 4.69) is 21.2 Å². The van der Waals surface area contributed by atoms with E-state index in [4.69, 9.17) is 5.73 Å². The Kier molecular flexibility index (Phi) is 6.15. The number of nitrogens with one attached hydrogen (secondary N) is 1. The number of carbonyl (C=O) groups excluding carboxylic acids is 1. The Morgan fingerprint density at radius 1 is 1.35 bits per heavy atom. The monoisotopic (exact) mass is 302 g/mol. The van der Waals surface area contributed by atoms with Crippen LogP contribution in [0.4, 0.5) is 10.1 Å². The van der Waals surface area contributed by atoms with Gasteiger partial charge >= 0.3 is 0 Å². The van der Waals surface area contributed by atoms with Crippen LogP contribution >= 0.6 is 15.9 Å². The second kappa shape index (κ2) is 7.40. The first kappa shape index (κ1) is 14.1. The van der Waals surface area contributed by atoms with Gasteiger partial charge in [-0.2, -0.15) is 0 Å². The summed E-state index contributed by atoms with van der Waals surface area (Å²) < 4.78 is 14.0. The van der Waals surface area contributed by atoms with Gasteiger partial charge in [-0.3, -0.25) is 4.79 Å². The van der Waals surface area contributed by atoms with E-state index in [1.54, 1.807) is 6.07 Å². The summed E-state index contributed by atoms with van der Waals surface area (Å²) in [5.74, 6) is -0.599. The first-order valence-electron chi connectivity index (χ1n) is 5.58. The predicted octanol–water partition coefficient (Wildman–Crippen LogP) is 3.05. The minimum atomic E-state index is -0.435. The Balaban J connectivity index is 2.40. The third kappa shape index (κ3) is 5.28. The van der Waals surface area contributed by atoms with Gasteiger partial charge in [0.25, 0.3) is 0 Å². The van der Waals surface area contributed by atoms with Crippen LogP contribution in [0.15, 0.2) is 22.7 Å². The maximum absolute atomic E-state index is 13.4. The molecule has 0 unspecified atom stereocenters. The summed E-state index contributed by atoms with van der Waals surface area (Å²) in [7, 11) is 0. The summed E-state index contributed by atoms with van der Waals surface area (Å²) in [6, 6.07) is 4.55. The summed E-state index contributed by atoms with van der Waals surface area (Å²) in [6.07, 6.45) is 3.02. The molecule has 0 radical (unpaired) electrons. The summed E-state index contributed by atoms with van der Waals surface area (Å²) >= 11 is 3.16. The summed E-state index contributed by atoms with van der Waals surface area (Å²) in [4.78, 5) is 11.5. The Hall–Kier alpha value is -0.940. The Morgan fingerprint density at radius 3 is 2.76 bits per heavy atom. The number of hydrogen-bond donors (Lipinski definition) is 2. The second-order valence-electron chi connectivity index (χ2n) is 3.77. The third-order valence-electron chi connectivity index (χ3n) is 2.31. The maximum Gasteiger partial charge on any atom is 0.224 e. The molecule has 94 valence electrons. The molecule has 0 fully saturated rings. The zero-order valence-corrected chi connectivity index (χ0v) is 11.1. The van der Waals surface area contributed by atoms with Crippen molar-refractivity contribution < 1.29 is 9.18 Å². The number of rotatable bonds is 6. The number of nitrogens with two attached hydrogens (primary N) is 1. The fraction of sp³-hybridized carbons (Fsp3) is 0.417. The van der Waals surface area contributed by atoms with Crippen LogP contribution < -0.4 is 11.1 Å². The van der Waals surface area contributed by atoms with Gasteiger partial charge in [0.05, 0.1) is 5.69 Å². The van der Waals surface area contributed by atoms with E-state index in [1.165, 1.54) is 12.1 Å². The lowest BCUT2D eigenvalue weighted by atomic mass is 10.2. The van der Waals surface area contributed by atoms with E-state index >= 15 is 0 Å². The standard InChI is InChI=1S/C12H16BrFN2O/c13-9-5-6-11(10(14)8-9)16-12(17)4-2-1-3-7-15/h5-6,8H,1-4,7,15H2,(H,16,17). The van der Waals surface area contributed by atoms with Gasteiger partial charge in [-0.15, -0.1) is 0 Å². The molecule has 1 amide bonds. The smallest absolute Gasteiger partial charge is 0.224 e. The SMILES string of the molecule is NCCCCCC(=O)Nc1ccc(Br)cc1F. The minimum absolute atomic E-state index is 0.164. The van der Waals surface area contributed by atoms with Crippen molar-refractivity contribution in [3.8, 4) is 0 Å². The number of hydrogen-bond acceptors (Lipinski definition) is 2. The topological polar surface area (TPSA) is 55.1 Å². The molecule has 1 aromatic carbocycles. The first-order valence-corrected chi connectivity index (χ1v) is 6.37. The van der Waals surface area contributed by atoms with Gasteiger partial charge in [-0.1, -0.05) is 22.4 Å². The molecule has 1 rings (SSSR count). The highest BCUT2D eigenvalue weighted by atomic mass is 79.9. The molecule has 17 heavy (non-hydrogen) atoms. The fourth-order valence-corrected chi connectivity index (χ4v) is 1.74. The molecule has 0 bridgehead atoms. The zero-order chi connectivity index (χ0) is 12.7. The molecular formula is C12H16BrFN2O. The molecule has 0 aliphatic rings. The van der Waals surface area contributed by atoms with Crippen molar-refractivity contribution in [1.82, 2.24) is 0 Å². The van der Waals surface area contributed by atoms with Crippen molar-refractivity contribution in [3.05, 3.63) is 28.5 Å². The van der Waals surface area contributed by atoms with E-state index in [-0.39, 0.29) is 11.6 Å². The first-order chi connectivity index (χ1) is 8.13. The van der Waals surface area contributed by atoms with Gasteiger partial charge in [-0.05, 0) is 37.6 Å². The zero-order valence-electron chi connectivity index (χ0n) is 9.51. The molecular weight excluding hydrogens is 287 g/mol. The number of carbonyl (C=O) groups is 1. The van der Waals surface area contributed by atoms with Crippen molar-refractivity contribution in [2.45, 2.75) is 25.7 Å². The average Bonchev–Trinajstić information content (AvgIpc) is 2.28. The maximum atomic E-state index is 13.4. The van der Waals surface area contributed by atoms with Gasteiger partial charge in [0, 0.05) is 10.9 Å². The molecule has 3 nitrogen and oxygen atoms in total. The van der Waals surface area contributed by atoms with Gasteiger partial charge in [0.2, 0.25) is 5.91 Å². The molecule has 0 aliphatic heterocycles. The lowest BCUT2D eigenvalue weighted by molar-refractivity contribution is -0.116. The molecule has 5 heteroatoms. The van der Waals surface area contributed by atoms with Crippen LogP contribution in [0, 0.1) is 5.82 Å². The largest absolute Gasteiger partial charge is 0.330 e. The molecule has 3 N–H and O–H groups in total. The van der Waals surface area contributed by atoms with Crippen molar-refractivity contribution in [1.29, 1.82) is 0 Å². The quantitative estimate of drug-likeness (QED) is 0.794. The van der Waals surface area contributed by atoms with Crippen molar-refractivity contribution in [2.75, 3.05) is 11.9 Å². The highest BCUT2D eigenvalue weighted by Gasteiger charge is 2.06. The molecule has 0 aromatic heterocycles. The summed E-state index contributed by atoms with van der Waals surface area (Å²) in [5, 5.41) is 2.55. The number of amides is 1. The summed E-state index contributed by atoms with van der Waals surface area (Å²) in [6.45, 7) is 0.642. The van der Waals surface area contributed by atoms with Gasteiger partial charge < -0.3 is 11.1 Å². The molecule has 0 saturated heterocycles. The van der Waals surface area contributed by atoms with Crippen molar-refractivity contribution in [2.24, 2.45) is 5.73 Å². The van der Waals surface area contributed by atoms with Gasteiger partial charge in [0.1, 0.15) is 5.82 Å². The fourth-order valence-electron chi connectivity index (χ4n) is 1.41. The molecule has 1 aromatic rings. The van der Waals surface area contributed by atoms with E-state index in [0.29, 0.717) is 17.4 Å². The van der Waals surface area contributed by atoms with E-state index in [0.717, 1.165) is 19.3 Å². The Labute approximate surface area is 109 Å². The van der Waals surface area contributed by atoms with Crippen LogP contribution in [-0.2, 0) is 4.79 Å². The van der Waals surface area contributed by atoms with Crippen LogP contribution in [0.1, 0.15) is 25.7 Å². The molecule has 0 spiro atoms. The number of halogens is 2. The van der Waals surface area contributed by atoms with Gasteiger partial charge in [0.15, 0.2) is 0 Å². The van der Waals surface area contributed by atoms with E-state index < -0.39 is 5.82 Å². The number of anilines is 1. The van der Waals surface area contributed by atoms with Crippen molar-refractivity contribution >= 4 is 27.5 Å². The molecule has 0 aliphatic carbocycles. The van der Waals surface area contributed by atoms with Crippen LogP contribution in [0.25, 0.3) is 0 Å². The molecule has 0 saturated carbocycles. The highest BCUT2D eigenvalue weighted by Crippen LogP contribution is 2.19. The minimum Gasteiger partial charge on any atom is -0.330 e. The normalized spacial score (nSPS) is 10.3. The highest BCUT2D eigenvalue weighted by molar-refractivity contribution is 9.10. The van der Waals surface area contributed by atoms with Crippen LogP contribution in [-0.4, -0.2) is 12.5 Å². The summed E-state index contributed by atoms with van der Waals surface area (Å²) in [5.41, 5.74) is 5.57. The van der Waals surface area contributed by atoms with Crippen molar-refractivity contribution in [3.63, 3.8) is 0 Å². The van der Waals surface area contributed by atoms with E-state index in [9.17, 15) is 9.18 Å². The number of benzene rings is 1. The Morgan fingerprint density at radius 2 is 2.12 bits per heavy atom. The average molecular weight is 303 g/mol. The Bertz CT molecular complexity index is 385. The predicted molar refractivity (Wildman–Crippen MR) is 70.3 cm³/mol. The van der Waals surface area contributed by atoms with Crippen LogP contribution in [0.3, 0.4) is 0 Å². The second-order valence-corrected chi connectivity index (χ2v) is 4.69. The third-order valence-corrected chi connectivity index (χ3v) is 2.81. The van der Waals surface area contributed by atoms with Crippen LogP contribution in [0.2, 0.25) is 0 Å². The molecule has 0 atom stereocenters.